The SMILES string of the molecule is COc1ccccc1N1CCN(CCC(=O)c2ccccc2)CC1.Cl. The average molecular weight is 361 g/mol. The highest BCUT2D eigenvalue weighted by molar-refractivity contribution is 5.96. The van der Waals surface area contributed by atoms with Crippen LogP contribution in [0.4, 0.5) is 5.69 Å². The van der Waals surface area contributed by atoms with Crippen molar-refractivity contribution in [1.82, 2.24) is 4.90 Å². The molecular formula is C20H25ClN2O2. The van der Waals surface area contributed by atoms with Crippen LogP contribution in [0.2, 0.25) is 0 Å². The van der Waals surface area contributed by atoms with Gasteiger partial charge in [0.1, 0.15) is 5.75 Å². The van der Waals surface area contributed by atoms with Crippen molar-refractivity contribution >= 4 is 23.9 Å². The molecule has 3 rings (SSSR count). The summed E-state index contributed by atoms with van der Waals surface area (Å²) in [4.78, 5) is 16.9. The number of carbonyl (C=O) groups is 1. The molecule has 0 bridgehead atoms. The van der Waals surface area contributed by atoms with Gasteiger partial charge in [-0.1, -0.05) is 42.5 Å². The Morgan fingerprint density at radius 2 is 1.60 bits per heavy atom. The Balaban J connectivity index is 0.00000225. The number of methoxy groups -OCH3 is 1. The number of halogens is 1. The van der Waals surface area contributed by atoms with Gasteiger partial charge in [0, 0.05) is 44.7 Å². The normalized spacial score (nSPS) is 14.7. The lowest BCUT2D eigenvalue weighted by atomic mass is 10.1. The highest BCUT2D eigenvalue weighted by atomic mass is 35.5. The summed E-state index contributed by atoms with van der Waals surface area (Å²) in [6.45, 7) is 4.69. The molecule has 0 aromatic heterocycles. The summed E-state index contributed by atoms with van der Waals surface area (Å²) in [5, 5.41) is 0. The first-order valence-corrected chi connectivity index (χ1v) is 8.46. The Kier molecular flexibility index (Phi) is 7.29. The zero-order chi connectivity index (χ0) is 16.8. The highest BCUT2D eigenvalue weighted by Crippen LogP contribution is 2.28. The zero-order valence-corrected chi connectivity index (χ0v) is 15.4. The Hall–Kier alpha value is -2.04. The lowest BCUT2D eigenvalue weighted by molar-refractivity contribution is 0.0962. The van der Waals surface area contributed by atoms with Crippen molar-refractivity contribution in [2.24, 2.45) is 0 Å². The molecule has 2 aromatic carbocycles. The molecule has 1 heterocycles. The van der Waals surface area contributed by atoms with Crippen LogP contribution < -0.4 is 9.64 Å². The number of nitrogens with zero attached hydrogens (tertiary/aromatic N) is 2. The highest BCUT2D eigenvalue weighted by Gasteiger charge is 2.20. The minimum atomic E-state index is 0. The maximum atomic E-state index is 12.2. The third kappa shape index (κ3) is 4.97. The molecule has 4 nitrogen and oxygen atoms in total. The second-order valence-corrected chi connectivity index (χ2v) is 6.04. The van der Waals surface area contributed by atoms with E-state index in [1.54, 1.807) is 7.11 Å². The molecule has 134 valence electrons. The van der Waals surface area contributed by atoms with Crippen molar-refractivity contribution in [3.8, 4) is 5.75 Å². The Bertz CT molecular complexity index is 670. The largest absolute Gasteiger partial charge is 0.495 e. The molecule has 1 aliphatic rings. The van der Waals surface area contributed by atoms with E-state index >= 15 is 0 Å². The standard InChI is InChI=1S/C20H24N2O2.ClH/c1-24-20-10-6-5-9-18(20)22-15-13-21(14-16-22)12-11-19(23)17-7-3-2-4-8-17;/h2-10H,11-16H2,1H3;1H. The third-order valence-corrected chi connectivity index (χ3v) is 4.55. The van der Waals surface area contributed by atoms with Gasteiger partial charge in [-0.05, 0) is 12.1 Å². The number of ketones is 1. The Morgan fingerprint density at radius 3 is 2.28 bits per heavy atom. The number of Topliss-reactive ketones (excluding diaryl/α,β-unsaturated/α-hetero) is 1. The van der Waals surface area contributed by atoms with Gasteiger partial charge >= 0.3 is 0 Å². The van der Waals surface area contributed by atoms with Gasteiger partial charge in [-0.2, -0.15) is 0 Å². The summed E-state index contributed by atoms with van der Waals surface area (Å²) < 4.78 is 5.45. The van der Waals surface area contributed by atoms with E-state index in [0.717, 1.165) is 49.7 Å². The lowest BCUT2D eigenvalue weighted by Crippen LogP contribution is -2.47. The molecule has 0 atom stereocenters. The molecule has 1 fully saturated rings. The monoisotopic (exact) mass is 360 g/mol. The summed E-state index contributed by atoms with van der Waals surface area (Å²) in [5.41, 5.74) is 1.96. The molecule has 0 aliphatic carbocycles. The molecule has 5 heteroatoms. The summed E-state index contributed by atoms with van der Waals surface area (Å²) in [7, 11) is 1.71. The summed E-state index contributed by atoms with van der Waals surface area (Å²) in [6.07, 6.45) is 0.582. The molecule has 0 saturated carbocycles. The fourth-order valence-corrected chi connectivity index (χ4v) is 3.13. The van der Waals surface area contributed by atoms with Crippen molar-refractivity contribution in [2.45, 2.75) is 6.42 Å². The predicted molar refractivity (Wildman–Crippen MR) is 104 cm³/mol. The van der Waals surface area contributed by atoms with Crippen LogP contribution in [0, 0.1) is 0 Å². The molecule has 25 heavy (non-hydrogen) atoms. The number of benzene rings is 2. The summed E-state index contributed by atoms with van der Waals surface area (Å²) in [5.74, 6) is 1.15. The van der Waals surface area contributed by atoms with Gasteiger partial charge in [0.25, 0.3) is 0 Å². The first kappa shape index (κ1) is 19.3. The predicted octanol–water partition coefficient (Wildman–Crippen LogP) is 3.51. The second-order valence-electron chi connectivity index (χ2n) is 6.04. The minimum Gasteiger partial charge on any atom is -0.495 e. The molecule has 0 spiro atoms. The van der Waals surface area contributed by atoms with E-state index in [1.165, 1.54) is 0 Å². The van der Waals surface area contributed by atoms with Crippen LogP contribution in [-0.2, 0) is 0 Å². The van der Waals surface area contributed by atoms with E-state index in [1.807, 2.05) is 48.5 Å². The van der Waals surface area contributed by atoms with Crippen LogP contribution in [0.3, 0.4) is 0 Å². The number of carbonyl (C=O) groups excluding carboxylic acids is 1. The van der Waals surface area contributed by atoms with E-state index in [2.05, 4.69) is 15.9 Å². The van der Waals surface area contributed by atoms with Crippen LogP contribution in [0.15, 0.2) is 54.6 Å². The number of anilines is 1. The molecule has 1 aliphatic heterocycles. The number of hydrogen-bond donors (Lipinski definition) is 0. The Morgan fingerprint density at radius 1 is 0.960 bits per heavy atom. The van der Waals surface area contributed by atoms with Gasteiger partial charge < -0.3 is 9.64 Å². The molecule has 0 radical (unpaired) electrons. The summed E-state index contributed by atoms with van der Waals surface area (Å²) in [6, 6.07) is 17.7. The average Bonchev–Trinajstić information content (AvgIpc) is 2.67. The number of para-hydroxylation sites is 2. The van der Waals surface area contributed by atoms with E-state index in [-0.39, 0.29) is 18.2 Å². The maximum Gasteiger partial charge on any atom is 0.164 e. The number of piperazine rings is 1. The molecule has 0 N–H and O–H groups in total. The van der Waals surface area contributed by atoms with Crippen molar-refractivity contribution in [2.75, 3.05) is 44.7 Å². The first-order valence-electron chi connectivity index (χ1n) is 8.46. The van der Waals surface area contributed by atoms with Gasteiger partial charge in [-0.15, -0.1) is 12.4 Å². The van der Waals surface area contributed by atoms with Gasteiger partial charge in [0.2, 0.25) is 0 Å². The lowest BCUT2D eigenvalue weighted by Gasteiger charge is -2.36. The fourth-order valence-electron chi connectivity index (χ4n) is 3.13. The quantitative estimate of drug-likeness (QED) is 0.738. The first-order chi connectivity index (χ1) is 11.8. The van der Waals surface area contributed by atoms with Crippen LogP contribution in [0.1, 0.15) is 16.8 Å². The molecule has 0 amide bonds. The van der Waals surface area contributed by atoms with Gasteiger partial charge in [-0.3, -0.25) is 9.69 Å². The van der Waals surface area contributed by atoms with Crippen LogP contribution in [-0.4, -0.2) is 50.5 Å². The molecule has 1 saturated heterocycles. The topological polar surface area (TPSA) is 32.8 Å². The van der Waals surface area contributed by atoms with Gasteiger partial charge in [0.05, 0.1) is 12.8 Å². The van der Waals surface area contributed by atoms with E-state index in [9.17, 15) is 4.79 Å². The van der Waals surface area contributed by atoms with Crippen molar-refractivity contribution in [3.05, 3.63) is 60.2 Å². The number of hydrogen-bond acceptors (Lipinski definition) is 4. The van der Waals surface area contributed by atoms with Crippen molar-refractivity contribution in [3.63, 3.8) is 0 Å². The molecule has 0 unspecified atom stereocenters. The zero-order valence-electron chi connectivity index (χ0n) is 14.6. The molecule has 2 aromatic rings. The second kappa shape index (κ2) is 9.44. The van der Waals surface area contributed by atoms with Crippen LogP contribution in [0.25, 0.3) is 0 Å². The Labute approximate surface area is 155 Å². The number of ether oxygens (including phenoxy) is 1. The van der Waals surface area contributed by atoms with Crippen molar-refractivity contribution < 1.29 is 9.53 Å². The van der Waals surface area contributed by atoms with Crippen molar-refractivity contribution in [1.29, 1.82) is 0 Å². The van der Waals surface area contributed by atoms with E-state index in [4.69, 9.17) is 4.74 Å². The minimum absolute atomic E-state index is 0. The maximum absolute atomic E-state index is 12.2. The fraction of sp³-hybridized carbons (Fsp3) is 0.350. The molecular weight excluding hydrogens is 336 g/mol. The van der Waals surface area contributed by atoms with Gasteiger partial charge in [-0.25, -0.2) is 0 Å². The van der Waals surface area contributed by atoms with Gasteiger partial charge in [0.15, 0.2) is 5.78 Å². The smallest absolute Gasteiger partial charge is 0.164 e. The van der Waals surface area contributed by atoms with E-state index < -0.39 is 0 Å². The van der Waals surface area contributed by atoms with Crippen LogP contribution >= 0.6 is 12.4 Å². The third-order valence-electron chi connectivity index (χ3n) is 4.55. The summed E-state index contributed by atoms with van der Waals surface area (Å²) >= 11 is 0. The van der Waals surface area contributed by atoms with Crippen LogP contribution in [0.5, 0.6) is 5.75 Å². The number of rotatable bonds is 6. The van der Waals surface area contributed by atoms with E-state index in [0.29, 0.717) is 6.42 Å².